The maximum absolute atomic E-state index is 11.8. The summed E-state index contributed by atoms with van der Waals surface area (Å²) in [4.78, 5) is 27.3. The standard InChI is InChI=1S/C15H14ClN3O2/c16-13-9-17-7-6-12(13)15(21)19-10-14(20)18-8-11-4-2-1-3-5-11/h1-7,9H,8,10H2,(H,18,20)(H,19,21). The number of amides is 2. The van der Waals surface area contributed by atoms with E-state index in [1.54, 1.807) is 0 Å². The van der Waals surface area contributed by atoms with Crippen LogP contribution in [0.1, 0.15) is 15.9 Å². The number of benzene rings is 1. The molecule has 2 amide bonds. The van der Waals surface area contributed by atoms with Gasteiger partial charge in [0.25, 0.3) is 5.91 Å². The monoisotopic (exact) mass is 303 g/mol. The third kappa shape index (κ3) is 4.57. The number of rotatable bonds is 5. The van der Waals surface area contributed by atoms with E-state index in [4.69, 9.17) is 11.6 Å². The van der Waals surface area contributed by atoms with Crippen LogP contribution in [0.5, 0.6) is 0 Å². The first kappa shape index (κ1) is 15.0. The second-order valence-electron chi connectivity index (χ2n) is 4.30. The minimum Gasteiger partial charge on any atom is -0.350 e. The van der Waals surface area contributed by atoms with Crippen molar-refractivity contribution in [3.63, 3.8) is 0 Å². The van der Waals surface area contributed by atoms with Crippen LogP contribution in [-0.2, 0) is 11.3 Å². The minimum atomic E-state index is -0.405. The van der Waals surface area contributed by atoms with E-state index < -0.39 is 5.91 Å². The number of halogens is 1. The Morgan fingerprint density at radius 1 is 1.10 bits per heavy atom. The number of nitrogens with one attached hydrogen (secondary N) is 2. The lowest BCUT2D eigenvalue weighted by atomic mass is 10.2. The van der Waals surface area contributed by atoms with Crippen LogP contribution in [0.25, 0.3) is 0 Å². The van der Waals surface area contributed by atoms with Gasteiger partial charge in [0.1, 0.15) is 0 Å². The highest BCUT2D eigenvalue weighted by molar-refractivity contribution is 6.33. The van der Waals surface area contributed by atoms with Crippen molar-refractivity contribution in [2.45, 2.75) is 6.54 Å². The van der Waals surface area contributed by atoms with Gasteiger partial charge in [0.05, 0.1) is 17.1 Å². The van der Waals surface area contributed by atoms with Crippen molar-refractivity contribution in [2.75, 3.05) is 6.54 Å². The van der Waals surface area contributed by atoms with Gasteiger partial charge in [-0.25, -0.2) is 0 Å². The van der Waals surface area contributed by atoms with Gasteiger partial charge in [0, 0.05) is 18.9 Å². The second kappa shape index (κ2) is 7.40. The molecule has 0 saturated heterocycles. The molecule has 0 fully saturated rings. The molecule has 108 valence electrons. The topological polar surface area (TPSA) is 71.1 Å². The van der Waals surface area contributed by atoms with Crippen LogP contribution in [0.4, 0.5) is 0 Å². The number of aromatic nitrogens is 1. The molecule has 2 aromatic rings. The van der Waals surface area contributed by atoms with Crippen LogP contribution in [0.15, 0.2) is 48.8 Å². The van der Waals surface area contributed by atoms with Gasteiger partial charge in [-0.3, -0.25) is 14.6 Å². The third-order valence-corrected chi connectivity index (χ3v) is 3.06. The largest absolute Gasteiger partial charge is 0.350 e. The fraction of sp³-hybridized carbons (Fsp3) is 0.133. The van der Waals surface area contributed by atoms with Crippen LogP contribution < -0.4 is 10.6 Å². The van der Waals surface area contributed by atoms with Gasteiger partial charge in [0.2, 0.25) is 5.91 Å². The smallest absolute Gasteiger partial charge is 0.253 e. The molecule has 6 heteroatoms. The Labute approximate surface area is 127 Å². The lowest BCUT2D eigenvalue weighted by Gasteiger charge is -2.07. The van der Waals surface area contributed by atoms with Crippen LogP contribution in [0, 0.1) is 0 Å². The van der Waals surface area contributed by atoms with Crippen LogP contribution in [0.2, 0.25) is 5.02 Å². The van der Waals surface area contributed by atoms with Crippen molar-refractivity contribution >= 4 is 23.4 Å². The average Bonchev–Trinajstić information content (AvgIpc) is 2.52. The second-order valence-corrected chi connectivity index (χ2v) is 4.71. The van der Waals surface area contributed by atoms with E-state index >= 15 is 0 Å². The molecule has 0 bridgehead atoms. The molecule has 1 heterocycles. The molecule has 2 rings (SSSR count). The number of hydrogen-bond donors (Lipinski definition) is 2. The number of hydrogen-bond acceptors (Lipinski definition) is 3. The zero-order valence-corrected chi connectivity index (χ0v) is 11.9. The van der Waals surface area contributed by atoms with Crippen LogP contribution in [-0.4, -0.2) is 23.3 Å². The first-order valence-corrected chi connectivity index (χ1v) is 6.73. The van der Waals surface area contributed by atoms with Gasteiger partial charge < -0.3 is 10.6 Å². The summed E-state index contributed by atoms with van der Waals surface area (Å²) < 4.78 is 0. The van der Waals surface area contributed by atoms with E-state index in [2.05, 4.69) is 15.6 Å². The Hall–Kier alpha value is -2.40. The normalized spacial score (nSPS) is 9.95. The maximum atomic E-state index is 11.8. The zero-order valence-electron chi connectivity index (χ0n) is 11.2. The Morgan fingerprint density at radius 3 is 2.57 bits per heavy atom. The van der Waals surface area contributed by atoms with E-state index in [1.807, 2.05) is 30.3 Å². The zero-order chi connectivity index (χ0) is 15.1. The van der Waals surface area contributed by atoms with Crippen molar-refractivity contribution in [1.29, 1.82) is 0 Å². The van der Waals surface area contributed by atoms with Crippen LogP contribution in [0.3, 0.4) is 0 Å². The van der Waals surface area contributed by atoms with E-state index in [9.17, 15) is 9.59 Å². The summed E-state index contributed by atoms with van der Waals surface area (Å²) >= 11 is 5.85. The van der Waals surface area contributed by atoms with Gasteiger partial charge in [-0.05, 0) is 11.6 Å². The first-order chi connectivity index (χ1) is 10.2. The summed E-state index contributed by atoms with van der Waals surface area (Å²) in [6.45, 7) is 0.315. The fourth-order valence-corrected chi connectivity index (χ4v) is 1.88. The van der Waals surface area contributed by atoms with Crippen molar-refractivity contribution in [3.8, 4) is 0 Å². The van der Waals surface area contributed by atoms with Gasteiger partial charge in [-0.2, -0.15) is 0 Å². The van der Waals surface area contributed by atoms with Crippen molar-refractivity contribution in [2.24, 2.45) is 0 Å². The Kier molecular flexibility index (Phi) is 5.29. The Balaban J connectivity index is 1.79. The number of carbonyl (C=O) groups excluding carboxylic acids is 2. The molecule has 0 aliphatic carbocycles. The van der Waals surface area contributed by atoms with Gasteiger partial charge in [0.15, 0.2) is 0 Å². The molecule has 0 atom stereocenters. The van der Waals surface area contributed by atoms with Crippen molar-refractivity contribution in [1.82, 2.24) is 15.6 Å². The van der Waals surface area contributed by atoms with E-state index in [1.165, 1.54) is 18.5 Å². The summed E-state index contributed by atoms with van der Waals surface area (Å²) in [5.74, 6) is -0.672. The van der Waals surface area contributed by atoms with Gasteiger partial charge >= 0.3 is 0 Å². The molecule has 0 aliphatic heterocycles. The van der Waals surface area contributed by atoms with Crippen molar-refractivity contribution in [3.05, 3.63) is 64.9 Å². The lowest BCUT2D eigenvalue weighted by Crippen LogP contribution is -2.36. The maximum Gasteiger partial charge on any atom is 0.253 e. The van der Waals surface area contributed by atoms with Crippen LogP contribution >= 0.6 is 11.6 Å². The lowest BCUT2D eigenvalue weighted by molar-refractivity contribution is -0.120. The fourth-order valence-electron chi connectivity index (χ4n) is 1.67. The molecule has 1 aromatic carbocycles. The van der Waals surface area contributed by atoms with Gasteiger partial charge in [-0.15, -0.1) is 0 Å². The minimum absolute atomic E-state index is 0.107. The van der Waals surface area contributed by atoms with E-state index in [0.29, 0.717) is 12.1 Å². The number of nitrogens with zero attached hydrogens (tertiary/aromatic N) is 1. The molecule has 0 unspecified atom stereocenters. The number of carbonyl (C=O) groups is 2. The molecule has 0 radical (unpaired) electrons. The predicted molar refractivity (Wildman–Crippen MR) is 79.9 cm³/mol. The predicted octanol–water partition coefficient (Wildman–Crippen LogP) is 1.78. The highest BCUT2D eigenvalue weighted by atomic mass is 35.5. The van der Waals surface area contributed by atoms with E-state index in [-0.39, 0.29) is 17.5 Å². The molecule has 21 heavy (non-hydrogen) atoms. The van der Waals surface area contributed by atoms with Crippen molar-refractivity contribution < 1.29 is 9.59 Å². The summed E-state index contributed by atoms with van der Waals surface area (Å²) in [5.41, 5.74) is 1.29. The molecule has 2 N–H and O–H groups in total. The summed E-state index contributed by atoms with van der Waals surface area (Å²) in [6.07, 6.45) is 2.85. The highest BCUT2D eigenvalue weighted by Crippen LogP contribution is 2.12. The highest BCUT2D eigenvalue weighted by Gasteiger charge is 2.11. The molecule has 0 saturated carbocycles. The summed E-state index contributed by atoms with van der Waals surface area (Å²) in [6, 6.07) is 11.0. The Bertz CT molecular complexity index is 632. The molecule has 0 spiro atoms. The quantitative estimate of drug-likeness (QED) is 0.884. The SMILES string of the molecule is O=C(CNC(=O)c1ccncc1Cl)NCc1ccccc1. The molecule has 5 nitrogen and oxygen atoms in total. The Morgan fingerprint density at radius 2 is 1.86 bits per heavy atom. The number of pyridine rings is 1. The first-order valence-electron chi connectivity index (χ1n) is 6.35. The molecule has 0 aliphatic rings. The molecule has 1 aromatic heterocycles. The molecular weight excluding hydrogens is 290 g/mol. The molecular formula is C15H14ClN3O2. The average molecular weight is 304 g/mol. The van der Waals surface area contributed by atoms with Gasteiger partial charge in [-0.1, -0.05) is 41.9 Å². The summed E-state index contributed by atoms with van der Waals surface area (Å²) in [5, 5.41) is 5.48. The summed E-state index contributed by atoms with van der Waals surface area (Å²) in [7, 11) is 0. The third-order valence-electron chi connectivity index (χ3n) is 2.76. The van der Waals surface area contributed by atoms with E-state index in [0.717, 1.165) is 5.56 Å².